The molecule has 3 nitrogen and oxygen atoms in total. The summed E-state index contributed by atoms with van der Waals surface area (Å²) in [5, 5.41) is 0. The van der Waals surface area contributed by atoms with Crippen LogP contribution < -0.4 is 0 Å². The smallest absolute Gasteiger partial charge is 0.226 e. The van der Waals surface area contributed by atoms with E-state index in [0.29, 0.717) is 18.2 Å². The normalized spacial score (nSPS) is 37.0. The number of carbonyl (C=O) groups is 2. The molecule has 3 heteroatoms. The molecule has 3 rings (SSSR count). The van der Waals surface area contributed by atoms with Crippen molar-refractivity contribution in [2.24, 2.45) is 17.8 Å². The summed E-state index contributed by atoms with van der Waals surface area (Å²) in [5.74, 6) is 2.34. The lowest BCUT2D eigenvalue weighted by Crippen LogP contribution is -2.45. The van der Waals surface area contributed by atoms with E-state index in [4.69, 9.17) is 0 Å². The zero-order valence-electron chi connectivity index (χ0n) is 12.6. The van der Waals surface area contributed by atoms with E-state index in [1.54, 1.807) is 6.92 Å². The second-order valence-corrected chi connectivity index (χ2v) is 7.22. The Labute approximate surface area is 122 Å². The van der Waals surface area contributed by atoms with Crippen LogP contribution in [0, 0.1) is 17.8 Å². The fourth-order valence-electron chi connectivity index (χ4n) is 4.77. The summed E-state index contributed by atoms with van der Waals surface area (Å²) < 4.78 is 0. The molecule has 2 saturated carbocycles. The summed E-state index contributed by atoms with van der Waals surface area (Å²) in [6.45, 7) is 2.54. The number of Topliss-reactive ketones (excluding diaryl/α,β-unsaturated/α-hetero) is 1. The summed E-state index contributed by atoms with van der Waals surface area (Å²) in [6.07, 6.45) is 10.1. The Morgan fingerprint density at radius 3 is 2.55 bits per heavy atom. The van der Waals surface area contributed by atoms with Crippen LogP contribution in [0.25, 0.3) is 0 Å². The molecule has 4 atom stereocenters. The molecular formula is C17H27NO2. The summed E-state index contributed by atoms with van der Waals surface area (Å²) in [5.41, 5.74) is 0. The van der Waals surface area contributed by atoms with Crippen LogP contribution >= 0.6 is 0 Å². The van der Waals surface area contributed by atoms with E-state index in [-0.39, 0.29) is 17.7 Å². The highest BCUT2D eigenvalue weighted by Crippen LogP contribution is 2.49. The van der Waals surface area contributed by atoms with Crippen LogP contribution in [0.2, 0.25) is 0 Å². The quantitative estimate of drug-likeness (QED) is 0.794. The number of nitrogens with zero attached hydrogens (tertiary/aromatic N) is 1. The molecule has 0 N–H and O–H groups in total. The maximum atomic E-state index is 12.9. The number of amides is 1. The van der Waals surface area contributed by atoms with Crippen LogP contribution in [0.4, 0.5) is 0 Å². The van der Waals surface area contributed by atoms with Crippen molar-refractivity contribution in [3.63, 3.8) is 0 Å². The molecule has 0 aromatic rings. The van der Waals surface area contributed by atoms with Crippen molar-refractivity contribution in [3.05, 3.63) is 0 Å². The van der Waals surface area contributed by atoms with E-state index in [2.05, 4.69) is 4.90 Å². The van der Waals surface area contributed by atoms with Gasteiger partial charge in [-0.15, -0.1) is 0 Å². The van der Waals surface area contributed by atoms with Gasteiger partial charge in [-0.05, 0) is 50.9 Å². The Morgan fingerprint density at radius 2 is 1.90 bits per heavy atom. The summed E-state index contributed by atoms with van der Waals surface area (Å²) >= 11 is 0. The average Bonchev–Trinajstić information content (AvgIpc) is 2.96. The zero-order chi connectivity index (χ0) is 14.1. The minimum atomic E-state index is 0.182. The van der Waals surface area contributed by atoms with Crippen LogP contribution in [0.3, 0.4) is 0 Å². The average molecular weight is 277 g/mol. The number of fused-ring (bicyclic) bond motifs is 2. The van der Waals surface area contributed by atoms with Gasteiger partial charge in [0.1, 0.15) is 5.78 Å². The van der Waals surface area contributed by atoms with Crippen molar-refractivity contribution in [2.75, 3.05) is 6.54 Å². The molecule has 112 valence electrons. The van der Waals surface area contributed by atoms with Crippen molar-refractivity contribution in [3.8, 4) is 0 Å². The number of rotatable bonds is 3. The molecule has 3 fully saturated rings. The van der Waals surface area contributed by atoms with Crippen LogP contribution in [-0.4, -0.2) is 29.2 Å². The van der Waals surface area contributed by atoms with Gasteiger partial charge < -0.3 is 4.90 Å². The second-order valence-electron chi connectivity index (χ2n) is 7.22. The fraction of sp³-hybridized carbons (Fsp3) is 0.882. The minimum Gasteiger partial charge on any atom is -0.339 e. The lowest BCUT2D eigenvalue weighted by molar-refractivity contribution is -0.140. The van der Waals surface area contributed by atoms with Gasteiger partial charge in [0.15, 0.2) is 0 Å². The Bertz CT molecular complexity index is 392. The van der Waals surface area contributed by atoms with E-state index in [1.807, 2.05) is 0 Å². The summed E-state index contributed by atoms with van der Waals surface area (Å²) in [4.78, 5) is 26.5. The predicted molar refractivity (Wildman–Crippen MR) is 78.2 cm³/mol. The van der Waals surface area contributed by atoms with Crippen LogP contribution in [0.15, 0.2) is 0 Å². The molecule has 1 saturated heterocycles. The number of ketones is 1. The fourth-order valence-corrected chi connectivity index (χ4v) is 4.77. The molecule has 0 radical (unpaired) electrons. The molecule has 3 aliphatic rings. The molecule has 1 aliphatic heterocycles. The van der Waals surface area contributed by atoms with Gasteiger partial charge in [-0.1, -0.05) is 19.3 Å². The van der Waals surface area contributed by atoms with Crippen molar-refractivity contribution < 1.29 is 9.59 Å². The molecule has 0 aromatic carbocycles. The SMILES string of the molecule is CC(=O)CC1CCCCCN1C(=O)C1CC2CCC1C2. The Hall–Kier alpha value is -0.860. The highest BCUT2D eigenvalue weighted by Gasteiger charge is 2.45. The van der Waals surface area contributed by atoms with E-state index >= 15 is 0 Å². The number of likely N-dealkylation sites (tertiary alicyclic amines) is 1. The van der Waals surface area contributed by atoms with Gasteiger partial charge in [-0.3, -0.25) is 9.59 Å². The standard InChI is InChI=1S/C17H27NO2/c1-12(19)9-15-5-3-2-4-8-18(15)17(20)16-11-13-6-7-14(16)10-13/h13-16H,2-11H2,1H3. The zero-order valence-corrected chi connectivity index (χ0v) is 12.6. The predicted octanol–water partition coefficient (Wildman–Crippen LogP) is 3.17. The minimum absolute atomic E-state index is 0.182. The third kappa shape index (κ3) is 2.77. The highest BCUT2D eigenvalue weighted by atomic mass is 16.2. The molecule has 1 heterocycles. The topological polar surface area (TPSA) is 37.4 Å². The Kier molecular flexibility index (Phi) is 4.13. The van der Waals surface area contributed by atoms with Crippen LogP contribution in [0.1, 0.15) is 64.7 Å². The van der Waals surface area contributed by atoms with Crippen LogP contribution in [-0.2, 0) is 9.59 Å². The summed E-state index contributed by atoms with van der Waals surface area (Å²) in [6, 6.07) is 0.182. The van der Waals surface area contributed by atoms with Gasteiger partial charge in [0, 0.05) is 24.9 Å². The molecule has 1 amide bonds. The third-order valence-electron chi connectivity index (χ3n) is 5.74. The molecule has 4 unspecified atom stereocenters. The Balaban J connectivity index is 1.71. The lowest BCUT2D eigenvalue weighted by Gasteiger charge is -2.34. The van der Waals surface area contributed by atoms with Crippen molar-refractivity contribution >= 4 is 11.7 Å². The number of hydrogen-bond donors (Lipinski definition) is 0. The summed E-state index contributed by atoms with van der Waals surface area (Å²) in [7, 11) is 0. The molecular weight excluding hydrogens is 250 g/mol. The number of carbonyl (C=O) groups excluding carboxylic acids is 2. The molecule has 2 aliphatic carbocycles. The number of hydrogen-bond acceptors (Lipinski definition) is 2. The molecule has 0 aromatic heterocycles. The van der Waals surface area contributed by atoms with E-state index in [9.17, 15) is 9.59 Å². The van der Waals surface area contributed by atoms with Gasteiger partial charge in [0.25, 0.3) is 0 Å². The van der Waals surface area contributed by atoms with Gasteiger partial charge >= 0.3 is 0 Å². The third-order valence-corrected chi connectivity index (χ3v) is 5.74. The largest absolute Gasteiger partial charge is 0.339 e. The van der Waals surface area contributed by atoms with E-state index in [0.717, 1.165) is 31.7 Å². The first-order chi connectivity index (χ1) is 9.65. The van der Waals surface area contributed by atoms with Gasteiger partial charge in [-0.2, -0.15) is 0 Å². The van der Waals surface area contributed by atoms with E-state index in [1.165, 1.54) is 32.1 Å². The van der Waals surface area contributed by atoms with Gasteiger partial charge in [0.05, 0.1) is 0 Å². The lowest BCUT2D eigenvalue weighted by atomic mass is 9.87. The van der Waals surface area contributed by atoms with E-state index < -0.39 is 0 Å². The maximum absolute atomic E-state index is 12.9. The van der Waals surface area contributed by atoms with Crippen LogP contribution in [0.5, 0.6) is 0 Å². The molecule has 2 bridgehead atoms. The first-order valence-electron chi connectivity index (χ1n) is 8.45. The molecule has 20 heavy (non-hydrogen) atoms. The first-order valence-corrected chi connectivity index (χ1v) is 8.45. The highest BCUT2D eigenvalue weighted by molar-refractivity contribution is 5.82. The second kappa shape index (κ2) is 5.87. The van der Waals surface area contributed by atoms with Crippen molar-refractivity contribution in [1.29, 1.82) is 0 Å². The monoisotopic (exact) mass is 277 g/mol. The Morgan fingerprint density at radius 1 is 1.05 bits per heavy atom. The first kappa shape index (κ1) is 14.1. The maximum Gasteiger partial charge on any atom is 0.226 e. The van der Waals surface area contributed by atoms with Gasteiger partial charge in [0.2, 0.25) is 5.91 Å². The van der Waals surface area contributed by atoms with Crippen molar-refractivity contribution in [1.82, 2.24) is 4.90 Å². The van der Waals surface area contributed by atoms with Crippen molar-refractivity contribution in [2.45, 2.75) is 70.8 Å². The van der Waals surface area contributed by atoms with Gasteiger partial charge in [-0.25, -0.2) is 0 Å². The molecule has 0 spiro atoms.